The molecule has 3 aromatic rings. The summed E-state index contributed by atoms with van der Waals surface area (Å²) in [5, 5.41) is 9.23. The topological polar surface area (TPSA) is 106 Å². The third-order valence-corrected chi connectivity index (χ3v) is 6.22. The average Bonchev–Trinajstić information content (AvgIpc) is 3.48. The van der Waals surface area contributed by atoms with E-state index in [0.717, 1.165) is 21.6 Å². The maximum atomic E-state index is 13.4. The van der Waals surface area contributed by atoms with Crippen molar-refractivity contribution in [3.63, 3.8) is 0 Å². The molecule has 0 bridgehead atoms. The van der Waals surface area contributed by atoms with Gasteiger partial charge in [-0.3, -0.25) is 9.59 Å². The van der Waals surface area contributed by atoms with Crippen molar-refractivity contribution in [1.82, 2.24) is 20.4 Å². The van der Waals surface area contributed by atoms with E-state index in [2.05, 4.69) is 15.7 Å². The molecule has 3 amide bonds. The number of carbonyl (C=O) groups is 3. The summed E-state index contributed by atoms with van der Waals surface area (Å²) in [6.07, 6.45) is -5.53. The highest BCUT2D eigenvalue weighted by Crippen LogP contribution is 2.33. The Labute approximate surface area is 221 Å². The Bertz CT molecular complexity index is 1300. The molecule has 38 heavy (non-hydrogen) atoms. The number of hydrogen-bond donors (Lipinski definition) is 2. The highest BCUT2D eigenvalue weighted by atomic mass is 32.1. The van der Waals surface area contributed by atoms with E-state index in [4.69, 9.17) is 4.74 Å². The molecule has 2 heterocycles. The van der Waals surface area contributed by atoms with Crippen LogP contribution < -0.4 is 15.5 Å². The van der Waals surface area contributed by atoms with Crippen molar-refractivity contribution >= 4 is 34.2 Å². The van der Waals surface area contributed by atoms with Crippen LogP contribution in [0.2, 0.25) is 0 Å². The number of alkyl halides is 3. The van der Waals surface area contributed by atoms with Crippen LogP contribution in [0.5, 0.6) is 0 Å². The number of benzene rings is 1. The quantitative estimate of drug-likeness (QED) is 0.441. The van der Waals surface area contributed by atoms with Crippen LogP contribution in [-0.4, -0.2) is 46.4 Å². The van der Waals surface area contributed by atoms with E-state index in [-0.39, 0.29) is 17.2 Å². The first-order valence-electron chi connectivity index (χ1n) is 11.5. The van der Waals surface area contributed by atoms with Gasteiger partial charge in [0.25, 0.3) is 5.91 Å². The summed E-state index contributed by atoms with van der Waals surface area (Å²) >= 11 is 0.953. The predicted octanol–water partition coefficient (Wildman–Crippen LogP) is 4.76. The summed E-state index contributed by atoms with van der Waals surface area (Å²) in [5.74, 6) is -1.23. The molecule has 0 fully saturated rings. The van der Waals surface area contributed by atoms with Crippen LogP contribution in [0.4, 0.5) is 23.0 Å². The van der Waals surface area contributed by atoms with Crippen LogP contribution in [0.25, 0.3) is 5.00 Å². The number of carbonyl (C=O) groups excluding carboxylic acids is 3. The molecule has 0 saturated heterocycles. The normalized spacial score (nSPS) is 12.5. The van der Waals surface area contributed by atoms with E-state index < -0.39 is 41.4 Å². The number of thiophene rings is 1. The smallest absolute Gasteiger partial charge is 0.435 e. The Morgan fingerprint density at radius 1 is 1.11 bits per heavy atom. The van der Waals surface area contributed by atoms with Gasteiger partial charge in [-0.25, -0.2) is 9.48 Å². The summed E-state index contributed by atoms with van der Waals surface area (Å²) in [5.41, 5.74) is -1.51. The molecule has 3 rings (SSSR count). The van der Waals surface area contributed by atoms with Gasteiger partial charge in [0.1, 0.15) is 22.3 Å². The standard InChI is InChI=1S/C25H28F3N5O4S/c1-15(30-23(36)37-24(2,3)4)22(35)32(5)19-11-12-20(38-19)33-17(13-18(31-33)25(26,27)28)21(34)29-14-16-9-7-6-8-10-16/h6-13,15H,14H2,1-5H3,(H,29,34)(H,30,36). The molecule has 0 saturated carbocycles. The van der Waals surface area contributed by atoms with E-state index in [1.165, 1.54) is 31.0 Å². The molecule has 2 aromatic heterocycles. The van der Waals surface area contributed by atoms with Gasteiger partial charge in [0.2, 0.25) is 5.91 Å². The van der Waals surface area contributed by atoms with E-state index in [9.17, 15) is 27.6 Å². The lowest BCUT2D eigenvalue weighted by molar-refractivity contribution is -0.141. The van der Waals surface area contributed by atoms with Crippen LogP contribution in [0.3, 0.4) is 0 Å². The van der Waals surface area contributed by atoms with Gasteiger partial charge in [-0.05, 0) is 45.4 Å². The second-order valence-corrected chi connectivity index (χ2v) is 10.4. The minimum atomic E-state index is -4.77. The fourth-order valence-corrected chi connectivity index (χ4v) is 4.21. The third-order valence-electron chi connectivity index (χ3n) is 5.08. The Kier molecular flexibility index (Phi) is 8.50. The molecule has 9 nitrogen and oxygen atoms in total. The van der Waals surface area contributed by atoms with Crippen molar-refractivity contribution in [3.8, 4) is 5.00 Å². The molecule has 1 atom stereocenters. The summed E-state index contributed by atoms with van der Waals surface area (Å²) in [6, 6.07) is 11.6. The molecule has 0 radical (unpaired) electrons. The number of hydrogen-bond acceptors (Lipinski definition) is 6. The Hall–Kier alpha value is -3.87. The van der Waals surface area contributed by atoms with Gasteiger partial charge >= 0.3 is 12.3 Å². The van der Waals surface area contributed by atoms with Crippen LogP contribution in [-0.2, 0) is 22.3 Å². The van der Waals surface area contributed by atoms with Crippen molar-refractivity contribution < 1.29 is 32.3 Å². The average molecular weight is 552 g/mol. The van der Waals surface area contributed by atoms with Gasteiger partial charge in [-0.1, -0.05) is 41.7 Å². The Balaban J connectivity index is 1.81. The third kappa shape index (κ3) is 7.34. The number of rotatable bonds is 7. The molecule has 0 aliphatic rings. The summed E-state index contributed by atoms with van der Waals surface area (Å²) in [6.45, 7) is 6.66. The second-order valence-electron chi connectivity index (χ2n) is 9.37. The number of halogens is 3. The van der Waals surface area contributed by atoms with E-state index in [1.807, 2.05) is 0 Å². The summed E-state index contributed by atoms with van der Waals surface area (Å²) in [4.78, 5) is 38.9. The van der Waals surface area contributed by atoms with E-state index >= 15 is 0 Å². The van der Waals surface area contributed by atoms with Crippen molar-refractivity contribution in [2.45, 2.75) is 52.1 Å². The maximum Gasteiger partial charge on any atom is 0.435 e. The lowest BCUT2D eigenvalue weighted by Crippen LogP contribution is -2.47. The fourth-order valence-electron chi connectivity index (χ4n) is 3.28. The molecule has 0 spiro atoms. The highest BCUT2D eigenvalue weighted by molar-refractivity contribution is 7.18. The number of anilines is 1. The van der Waals surface area contributed by atoms with Crippen LogP contribution in [0, 0.1) is 0 Å². The monoisotopic (exact) mass is 551 g/mol. The zero-order chi connectivity index (χ0) is 28.3. The van der Waals surface area contributed by atoms with Gasteiger partial charge in [0.05, 0.1) is 5.00 Å². The second kappa shape index (κ2) is 11.3. The minimum Gasteiger partial charge on any atom is -0.444 e. The number of aromatic nitrogens is 2. The van der Waals surface area contributed by atoms with Crippen LogP contribution >= 0.6 is 11.3 Å². The maximum absolute atomic E-state index is 13.4. The van der Waals surface area contributed by atoms with Gasteiger partial charge in [0, 0.05) is 19.7 Å². The predicted molar refractivity (Wildman–Crippen MR) is 136 cm³/mol. The molecular weight excluding hydrogens is 523 g/mol. The van der Waals surface area contributed by atoms with Crippen molar-refractivity contribution in [2.75, 3.05) is 11.9 Å². The Morgan fingerprint density at radius 3 is 2.37 bits per heavy atom. The van der Waals surface area contributed by atoms with Gasteiger partial charge in [-0.15, -0.1) is 0 Å². The van der Waals surface area contributed by atoms with E-state index in [0.29, 0.717) is 11.1 Å². The zero-order valence-corrected chi connectivity index (χ0v) is 22.2. The molecular formula is C25H28F3N5O4S. The fraction of sp³-hybridized carbons (Fsp3) is 0.360. The summed E-state index contributed by atoms with van der Waals surface area (Å²) < 4.78 is 46.4. The number of nitrogens with one attached hydrogen (secondary N) is 2. The zero-order valence-electron chi connectivity index (χ0n) is 21.4. The van der Waals surface area contributed by atoms with Gasteiger partial charge in [-0.2, -0.15) is 18.3 Å². The van der Waals surface area contributed by atoms with Gasteiger partial charge in [0.15, 0.2) is 5.69 Å². The lowest BCUT2D eigenvalue weighted by atomic mass is 10.2. The highest BCUT2D eigenvalue weighted by Gasteiger charge is 2.36. The first-order chi connectivity index (χ1) is 17.7. The van der Waals surface area contributed by atoms with E-state index in [1.54, 1.807) is 51.1 Å². The lowest BCUT2D eigenvalue weighted by Gasteiger charge is -2.24. The molecule has 2 N–H and O–H groups in total. The SMILES string of the molecule is CC(NC(=O)OC(C)(C)C)C(=O)N(C)c1ccc(-n2nc(C(F)(F)F)cc2C(=O)NCc2ccccc2)s1. The number of alkyl carbamates (subject to hydrolysis) is 1. The molecule has 1 unspecified atom stereocenters. The molecule has 13 heteroatoms. The Morgan fingerprint density at radius 2 is 1.76 bits per heavy atom. The number of likely N-dealkylation sites (N-methyl/N-ethyl adjacent to an activating group) is 1. The number of ether oxygens (including phenoxy) is 1. The molecule has 0 aliphatic heterocycles. The summed E-state index contributed by atoms with van der Waals surface area (Å²) in [7, 11) is 1.46. The largest absolute Gasteiger partial charge is 0.444 e. The first-order valence-corrected chi connectivity index (χ1v) is 12.3. The minimum absolute atomic E-state index is 0.113. The number of amides is 3. The molecule has 0 aliphatic carbocycles. The van der Waals surface area contributed by atoms with Crippen LogP contribution in [0.15, 0.2) is 48.5 Å². The molecule has 1 aromatic carbocycles. The van der Waals surface area contributed by atoms with Gasteiger partial charge < -0.3 is 20.3 Å². The van der Waals surface area contributed by atoms with Crippen molar-refractivity contribution in [2.24, 2.45) is 0 Å². The first kappa shape index (κ1) is 28.7. The number of nitrogens with zero attached hydrogens (tertiary/aromatic N) is 3. The van der Waals surface area contributed by atoms with Crippen molar-refractivity contribution in [3.05, 3.63) is 65.5 Å². The van der Waals surface area contributed by atoms with Crippen molar-refractivity contribution in [1.29, 1.82) is 0 Å². The molecule has 204 valence electrons. The van der Waals surface area contributed by atoms with Crippen LogP contribution in [0.1, 0.15) is 49.4 Å².